The first-order valence-corrected chi connectivity index (χ1v) is 10.6. The van der Waals surface area contributed by atoms with Gasteiger partial charge in [-0.05, 0) is 37.5 Å². The minimum atomic E-state index is 0.334. The van der Waals surface area contributed by atoms with Crippen molar-refractivity contribution in [1.82, 2.24) is 19.9 Å². The van der Waals surface area contributed by atoms with Gasteiger partial charge in [0.25, 0.3) is 0 Å². The van der Waals surface area contributed by atoms with Crippen molar-refractivity contribution in [3.63, 3.8) is 0 Å². The average Bonchev–Trinajstić information content (AvgIpc) is 3.42. The van der Waals surface area contributed by atoms with E-state index in [4.69, 9.17) is 20.4 Å². The fourth-order valence-electron chi connectivity index (χ4n) is 4.45. The van der Waals surface area contributed by atoms with Crippen molar-refractivity contribution in [3.05, 3.63) is 59.8 Å². The first kappa shape index (κ1) is 17.8. The number of anilines is 2. The Morgan fingerprint density at radius 2 is 2.07 bits per heavy atom. The zero-order chi connectivity index (χ0) is 20.1. The Morgan fingerprint density at radius 3 is 2.80 bits per heavy atom. The molecular formula is C23H24N6O. The van der Waals surface area contributed by atoms with Gasteiger partial charge < -0.3 is 15.4 Å². The molecular weight excluding hydrogens is 376 g/mol. The summed E-state index contributed by atoms with van der Waals surface area (Å²) in [7, 11) is 0. The molecule has 7 nitrogen and oxygen atoms in total. The second kappa shape index (κ2) is 7.02. The van der Waals surface area contributed by atoms with E-state index in [-0.39, 0.29) is 0 Å². The van der Waals surface area contributed by atoms with E-state index < -0.39 is 0 Å². The zero-order valence-corrected chi connectivity index (χ0v) is 16.7. The predicted octanol–water partition coefficient (Wildman–Crippen LogP) is 2.96. The van der Waals surface area contributed by atoms with Crippen LogP contribution in [0.15, 0.2) is 42.7 Å². The lowest BCUT2D eigenvalue weighted by molar-refractivity contribution is 0.0989. The molecule has 3 fully saturated rings. The highest BCUT2D eigenvalue weighted by atomic mass is 16.5. The Labute approximate surface area is 175 Å². The highest BCUT2D eigenvalue weighted by Gasteiger charge is 2.40. The van der Waals surface area contributed by atoms with E-state index in [0.717, 1.165) is 53.7 Å². The molecule has 7 heteroatoms. The maximum absolute atomic E-state index is 6.18. The largest absolute Gasteiger partial charge is 0.383 e. The minimum Gasteiger partial charge on any atom is -0.383 e. The highest BCUT2D eigenvalue weighted by molar-refractivity contribution is 5.65. The molecule has 2 aliphatic heterocycles. The molecule has 30 heavy (non-hydrogen) atoms. The van der Waals surface area contributed by atoms with Gasteiger partial charge in [0.2, 0.25) is 0 Å². The lowest BCUT2D eigenvalue weighted by atomic mass is 10.1. The zero-order valence-electron chi connectivity index (χ0n) is 16.7. The number of nitrogens with two attached hydrogens (primary N) is 1. The Morgan fingerprint density at radius 1 is 1.13 bits per heavy atom. The van der Waals surface area contributed by atoms with Crippen LogP contribution in [0.25, 0.3) is 11.3 Å². The third-order valence-corrected chi connectivity index (χ3v) is 6.26. The van der Waals surface area contributed by atoms with Crippen molar-refractivity contribution in [2.45, 2.75) is 43.7 Å². The summed E-state index contributed by atoms with van der Waals surface area (Å²) in [6.45, 7) is 1.70. The molecule has 6 rings (SSSR count). The fraction of sp³-hybridized carbons (Fsp3) is 0.391. The number of rotatable bonds is 5. The number of nitrogen functional groups attached to an aromatic ring is 1. The van der Waals surface area contributed by atoms with Crippen LogP contribution in [0.5, 0.6) is 0 Å². The number of aromatic nitrogens is 4. The molecule has 0 radical (unpaired) electrons. The molecule has 2 atom stereocenters. The molecule has 1 aliphatic carbocycles. The third kappa shape index (κ3) is 3.29. The predicted molar refractivity (Wildman–Crippen MR) is 114 cm³/mol. The topological polar surface area (TPSA) is 90.0 Å². The summed E-state index contributed by atoms with van der Waals surface area (Å²) in [5, 5.41) is 0. The van der Waals surface area contributed by atoms with Crippen LogP contribution in [0, 0.1) is 0 Å². The van der Waals surface area contributed by atoms with Crippen LogP contribution in [-0.4, -0.2) is 45.2 Å². The summed E-state index contributed by atoms with van der Waals surface area (Å²) in [6, 6.07) is 10.5. The first-order chi connectivity index (χ1) is 14.7. The second-order valence-corrected chi connectivity index (χ2v) is 8.51. The van der Waals surface area contributed by atoms with Gasteiger partial charge in [0.05, 0.1) is 24.4 Å². The van der Waals surface area contributed by atoms with E-state index in [1.54, 1.807) is 6.20 Å². The Kier molecular flexibility index (Phi) is 4.16. The number of morpholine rings is 1. The Bertz CT molecular complexity index is 1080. The fourth-order valence-corrected chi connectivity index (χ4v) is 4.45. The summed E-state index contributed by atoms with van der Waals surface area (Å²) in [6.07, 6.45) is 8.03. The van der Waals surface area contributed by atoms with Gasteiger partial charge in [0, 0.05) is 54.2 Å². The quantitative estimate of drug-likeness (QED) is 0.704. The maximum atomic E-state index is 6.18. The lowest BCUT2D eigenvalue weighted by Crippen LogP contribution is -2.37. The van der Waals surface area contributed by atoms with Crippen LogP contribution in [0.3, 0.4) is 0 Å². The lowest BCUT2D eigenvalue weighted by Gasteiger charge is -2.28. The van der Waals surface area contributed by atoms with E-state index in [2.05, 4.69) is 27.0 Å². The number of fused-ring (bicyclic) bond motifs is 2. The third-order valence-electron chi connectivity index (χ3n) is 6.26. The van der Waals surface area contributed by atoms with Gasteiger partial charge in [-0.3, -0.25) is 4.98 Å². The molecule has 3 aliphatic rings. The van der Waals surface area contributed by atoms with Gasteiger partial charge in [-0.1, -0.05) is 6.07 Å². The molecule has 0 spiro atoms. The summed E-state index contributed by atoms with van der Waals surface area (Å²) < 4.78 is 5.78. The smallest absolute Gasteiger partial charge is 0.134 e. The van der Waals surface area contributed by atoms with E-state index in [0.29, 0.717) is 30.3 Å². The van der Waals surface area contributed by atoms with Gasteiger partial charge in [-0.15, -0.1) is 0 Å². The van der Waals surface area contributed by atoms with E-state index >= 15 is 0 Å². The molecule has 152 valence electrons. The van der Waals surface area contributed by atoms with Crippen LogP contribution in [0.4, 0.5) is 11.6 Å². The van der Waals surface area contributed by atoms with E-state index in [1.807, 2.05) is 24.4 Å². The van der Waals surface area contributed by atoms with Crippen LogP contribution in [-0.2, 0) is 11.2 Å². The van der Waals surface area contributed by atoms with Crippen molar-refractivity contribution >= 4 is 11.6 Å². The van der Waals surface area contributed by atoms with Crippen LogP contribution in [0.1, 0.15) is 42.3 Å². The van der Waals surface area contributed by atoms with Crippen molar-refractivity contribution in [3.8, 4) is 11.3 Å². The van der Waals surface area contributed by atoms with Gasteiger partial charge in [-0.2, -0.15) is 0 Å². The molecule has 0 unspecified atom stereocenters. The molecule has 2 bridgehead atoms. The number of hydrogen-bond donors (Lipinski definition) is 1. The molecule has 0 aromatic carbocycles. The number of pyridine rings is 2. The molecule has 2 N–H and O–H groups in total. The van der Waals surface area contributed by atoms with Crippen molar-refractivity contribution in [2.75, 3.05) is 23.8 Å². The van der Waals surface area contributed by atoms with Crippen LogP contribution in [0.2, 0.25) is 0 Å². The van der Waals surface area contributed by atoms with Crippen molar-refractivity contribution in [1.29, 1.82) is 0 Å². The summed E-state index contributed by atoms with van der Waals surface area (Å²) in [5.41, 5.74) is 10.0. The molecule has 3 aromatic rings. The molecule has 2 saturated heterocycles. The number of nitrogens with zero attached hydrogens (tertiary/aromatic N) is 5. The van der Waals surface area contributed by atoms with Crippen LogP contribution >= 0.6 is 0 Å². The number of ether oxygens (including phenoxy) is 1. The molecule has 3 aromatic heterocycles. The van der Waals surface area contributed by atoms with Gasteiger partial charge in [0.1, 0.15) is 17.5 Å². The Balaban J connectivity index is 1.37. The van der Waals surface area contributed by atoms with E-state index in [1.165, 1.54) is 12.8 Å². The molecule has 1 saturated carbocycles. The number of hydrogen-bond acceptors (Lipinski definition) is 7. The molecule has 0 amide bonds. The first-order valence-electron chi connectivity index (χ1n) is 10.6. The van der Waals surface area contributed by atoms with Crippen molar-refractivity contribution < 1.29 is 4.74 Å². The van der Waals surface area contributed by atoms with Gasteiger partial charge >= 0.3 is 0 Å². The van der Waals surface area contributed by atoms with E-state index in [9.17, 15) is 0 Å². The van der Waals surface area contributed by atoms with Crippen molar-refractivity contribution in [2.24, 2.45) is 0 Å². The summed E-state index contributed by atoms with van der Waals surface area (Å²) in [5.74, 6) is 2.99. The normalized spacial score (nSPS) is 22.6. The second-order valence-electron chi connectivity index (χ2n) is 8.51. The maximum Gasteiger partial charge on any atom is 0.134 e. The van der Waals surface area contributed by atoms with Gasteiger partial charge in [0.15, 0.2) is 0 Å². The highest BCUT2D eigenvalue weighted by Crippen LogP contribution is 2.41. The monoisotopic (exact) mass is 400 g/mol. The average molecular weight is 400 g/mol. The minimum absolute atomic E-state index is 0.334. The SMILES string of the molecule is Nc1ncc(-c2cc(N3C[C@@H]4C[C@H]3CO4)nc(C3CC3)n2)cc1Cc1ccccn1. The summed E-state index contributed by atoms with van der Waals surface area (Å²) >= 11 is 0. The molecule has 5 heterocycles. The standard InChI is InChI=1S/C23H24N6O/c24-22-15(8-17-3-1-2-6-25-17)7-16(11-26-22)20-10-21(28-23(27-20)14-4-5-14)29-12-19-9-18(29)13-30-19/h1-3,6-7,10-11,14,18-19H,4-5,8-9,12-13H2,(H2,24,26)/t18-,19-/m0/s1. The van der Waals surface area contributed by atoms with Crippen LogP contribution < -0.4 is 10.6 Å². The summed E-state index contributed by atoms with van der Waals surface area (Å²) in [4.78, 5) is 21.1. The van der Waals surface area contributed by atoms with Gasteiger partial charge in [-0.25, -0.2) is 15.0 Å². The Hall–Kier alpha value is -3.06.